The number of H-pyrrole nitrogens is 1. The van der Waals surface area contributed by atoms with Gasteiger partial charge in [0.25, 0.3) is 5.91 Å². The van der Waals surface area contributed by atoms with Gasteiger partial charge in [-0.05, 0) is 31.9 Å². The van der Waals surface area contributed by atoms with Crippen molar-refractivity contribution in [2.45, 2.75) is 38.3 Å². The third-order valence-corrected chi connectivity index (χ3v) is 5.48. The smallest absolute Gasteiger partial charge is 0.253 e. The minimum absolute atomic E-state index is 0.0235. The zero-order valence-electron chi connectivity index (χ0n) is 15.2. The molecule has 138 valence electrons. The third-order valence-electron chi connectivity index (χ3n) is 5.48. The molecule has 0 unspecified atom stereocenters. The molecule has 1 amide bonds. The van der Waals surface area contributed by atoms with Crippen LogP contribution in [0.2, 0.25) is 0 Å². The van der Waals surface area contributed by atoms with Gasteiger partial charge < -0.3 is 21.4 Å². The summed E-state index contributed by atoms with van der Waals surface area (Å²) in [5.74, 6) is 0.783. The molecule has 3 aromatic rings. The van der Waals surface area contributed by atoms with Crippen molar-refractivity contribution in [3.05, 3.63) is 41.2 Å². The normalized spacial score (nSPS) is 21.5. The summed E-state index contributed by atoms with van der Waals surface area (Å²) in [4.78, 5) is 25.1. The number of hydrogen-bond donors (Lipinski definition) is 4. The molecule has 0 atom stereocenters. The summed E-state index contributed by atoms with van der Waals surface area (Å²) in [6.07, 6.45) is 2.73. The van der Waals surface area contributed by atoms with Gasteiger partial charge >= 0.3 is 0 Å². The maximum absolute atomic E-state index is 12.1. The maximum atomic E-state index is 12.1. The largest absolute Gasteiger partial charge is 0.366 e. The second-order valence-electron chi connectivity index (χ2n) is 7.48. The summed E-state index contributed by atoms with van der Waals surface area (Å²) in [6.45, 7) is 2.63. The van der Waals surface area contributed by atoms with E-state index in [2.05, 4.69) is 15.6 Å². The van der Waals surface area contributed by atoms with E-state index < -0.39 is 0 Å². The lowest BCUT2D eigenvalue weighted by Crippen LogP contribution is -2.44. The molecule has 5 rings (SSSR count). The standard InChI is InChI=1S/C20H22N6O/c1-10-19(24-12-7-11(21)8-12)26-18-13(3-2-4-16(18)23-10)17-9-14-15(25-17)5-6-22-20(14)27/h2-4,9,11-12,25H,5-8,21H2,1H3,(H,22,27)(H,24,26). The molecule has 0 saturated heterocycles. The zero-order valence-corrected chi connectivity index (χ0v) is 15.2. The Morgan fingerprint density at radius 3 is 2.85 bits per heavy atom. The Bertz CT molecular complexity index is 1050. The Morgan fingerprint density at radius 1 is 1.22 bits per heavy atom. The number of amides is 1. The zero-order chi connectivity index (χ0) is 18.5. The van der Waals surface area contributed by atoms with E-state index in [1.54, 1.807) is 0 Å². The van der Waals surface area contributed by atoms with E-state index in [1.165, 1.54) is 0 Å². The molecule has 3 heterocycles. The van der Waals surface area contributed by atoms with Gasteiger partial charge in [-0.15, -0.1) is 0 Å². The first-order valence-corrected chi connectivity index (χ1v) is 9.38. The van der Waals surface area contributed by atoms with Crippen molar-refractivity contribution in [2.24, 2.45) is 5.73 Å². The van der Waals surface area contributed by atoms with Crippen molar-refractivity contribution < 1.29 is 4.79 Å². The molecule has 27 heavy (non-hydrogen) atoms. The van der Waals surface area contributed by atoms with Crippen molar-refractivity contribution in [1.82, 2.24) is 20.3 Å². The average molecular weight is 362 g/mol. The van der Waals surface area contributed by atoms with Gasteiger partial charge in [0, 0.05) is 42.0 Å². The van der Waals surface area contributed by atoms with E-state index >= 15 is 0 Å². The van der Waals surface area contributed by atoms with Crippen molar-refractivity contribution in [2.75, 3.05) is 11.9 Å². The monoisotopic (exact) mass is 362 g/mol. The molecular weight excluding hydrogens is 340 g/mol. The van der Waals surface area contributed by atoms with Crippen molar-refractivity contribution in [3.63, 3.8) is 0 Å². The molecule has 1 aliphatic heterocycles. The fraction of sp³-hybridized carbons (Fsp3) is 0.350. The Morgan fingerprint density at radius 2 is 2.07 bits per heavy atom. The van der Waals surface area contributed by atoms with Gasteiger partial charge in [0.15, 0.2) is 0 Å². The molecule has 2 aliphatic rings. The lowest BCUT2D eigenvalue weighted by Gasteiger charge is -2.33. The number of aryl methyl sites for hydroxylation is 1. The molecule has 0 radical (unpaired) electrons. The second kappa shape index (κ2) is 6.06. The number of aromatic amines is 1. The van der Waals surface area contributed by atoms with E-state index in [4.69, 9.17) is 15.7 Å². The van der Waals surface area contributed by atoms with Crippen LogP contribution in [0, 0.1) is 6.92 Å². The van der Waals surface area contributed by atoms with Crippen LogP contribution < -0.4 is 16.4 Å². The Hall–Kier alpha value is -2.93. The minimum atomic E-state index is -0.0235. The van der Waals surface area contributed by atoms with Crippen LogP contribution in [0.4, 0.5) is 5.82 Å². The summed E-state index contributed by atoms with van der Waals surface area (Å²) >= 11 is 0. The highest BCUT2D eigenvalue weighted by molar-refractivity contribution is 5.99. The quantitative estimate of drug-likeness (QED) is 0.571. The fourth-order valence-electron chi connectivity index (χ4n) is 3.93. The number of hydrogen-bond acceptors (Lipinski definition) is 5. The first kappa shape index (κ1) is 16.3. The van der Waals surface area contributed by atoms with Crippen LogP contribution in [-0.2, 0) is 6.42 Å². The van der Waals surface area contributed by atoms with Crippen LogP contribution >= 0.6 is 0 Å². The van der Waals surface area contributed by atoms with E-state index in [0.29, 0.717) is 12.6 Å². The number of carbonyl (C=O) groups is 1. The number of nitrogens with two attached hydrogens (primary N) is 1. The van der Waals surface area contributed by atoms with Gasteiger partial charge in [-0.25, -0.2) is 9.97 Å². The number of aromatic nitrogens is 3. The highest BCUT2D eigenvalue weighted by Crippen LogP contribution is 2.31. The molecule has 1 fully saturated rings. The van der Waals surface area contributed by atoms with E-state index in [0.717, 1.165) is 64.3 Å². The van der Waals surface area contributed by atoms with Crippen molar-refractivity contribution >= 4 is 22.8 Å². The molecule has 2 aromatic heterocycles. The number of fused-ring (bicyclic) bond motifs is 2. The molecule has 5 N–H and O–H groups in total. The lowest BCUT2D eigenvalue weighted by atomic mass is 9.87. The lowest BCUT2D eigenvalue weighted by molar-refractivity contribution is 0.0946. The molecule has 7 heteroatoms. The number of benzene rings is 1. The number of carbonyl (C=O) groups excluding carboxylic acids is 1. The van der Waals surface area contributed by atoms with Crippen molar-refractivity contribution in [3.8, 4) is 11.3 Å². The van der Waals surface area contributed by atoms with Gasteiger partial charge in [0.2, 0.25) is 0 Å². The first-order valence-electron chi connectivity index (χ1n) is 9.38. The van der Waals surface area contributed by atoms with Gasteiger partial charge in [-0.3, -0.25) is 4.79 Å². The minimum Gasteiger partial charge on any atom is -0.366 e. The summed E-state index contributed by atoms with van der Waals surface area (Å²) in [7, 11) is 0. The molecular formula is C20H22N6O. The number of para-hydroxylation sites is 1. The summed E-state index contributed by atoms with van der Waals surface area (Å²) in [6, 6.07) is 8.52. The van der Waals surface area contributed by atoms with E-state index in [-0.39, 0.29) is 11.9 Å². The fourth-order valence-corrected chi connectivity index (χ4v) is 3.93. The van der Waals surface area contributed by atoms with Gasteiger partial charge in [-0.1, -0.05) is 12.1 Å². The molecule has 0 spiro atoms. The van der Waals surface area contributed by atoms with Gasteiger partial charge in [-0.2, -0.15) is 0 Å². The number of nitrogens with zero attached hydrogens (tertiary/aromatic N) is 2. The van der Waals surface area contributed by atoms with Crippen molar-refractivity contribution in [1.29, 1.82) is 0 Å². The van der Waals surface area contributed by atoms with Gasteiger partial charge in [0.05, 0.1) is 16.8 Å². The highest BCUT2D eigenvalue weighted by Gasteiger charge is 2.27. The van der Waals surface area contributed by atoms with Crippen LogP contribution in [0.5, 0.6) is 0 Å². The third kappa shape index (κ3) is 2.75. The van der Waals surface area contributed by atoms with Crippen LogP contribution in [0.15, 0.2) is 24.3 Å². The van der Waals surface area contributed by atoms with Crippen LogP contribution in [0.3, 0.4) is 0 Å². The average Bonchev–Trinajstić information content (AvgIpc) is 3.06. The molecule has 7 nitrogen and oxygen atoms in total. The molecule has 1 aromatic carbocycles. The van der Waals surface area contributed by atoms with Crippen LogP contribution in [0.25, 0.3) is 22.3 Å². The summed E-state index contributed by atoms with van der Waals surface area (Å²) < 4.78 is 0. The number of nitrogens with one attached hydrogen (secondary N) is 3. The SMILES string of the molecule is Cc1nc2cccc(-c3cc4c([nH]3)CCNC4=O)c2nc1NC1CC(N)C1. The number of anilines is 1. The Labute approximate surface area is 156 Å². The summed E-state index contributed by atoms with van der Waals surface area (Å²) in [5.41, 5.74) is 12.0. The van der Waals surface area contributed by atoms with Gasteiger partial charge in [0.1, 0.15) is 11.3 Å². The van der Waals surface area contributed by atoms with E-state index in [1.807, 2.05) is 31.2 Å². The van der Waals surface area contributed by atoms with Crippen LogP contribution in [0.1, 0.15) is 34.6 Å². The predicted molar refractivity (Wildman–Crippen MR) is 105 cm³/mol. The Balaban J connectivity index is 1.59. The summed E-state index contributed by atoms with van der Waals surface area (Å²) in [5, 5.41) is 6.36. The van der Waals surface area contributed by atoms with Crippen LogP contribution in [-0.4, -0.2) is 39.5 Å². The topological polar surface area (TPSA) is 109 Å². The molecule has 0 bridgehead atoms. The highest BCUT2D eigenvalue weighted by atomic mass is 16.1. The van der Waals surface area contributed by atoms with E-state index in [9.17, 15) is 4.79 Å². The maximum Gasteiger partial charge on any atom is 0.253 e. The molecule has 1 aliphatic carbocycles. The first-order chi connectivity index (χ1) is 13.1. The number of rotatable bonds is 3. The second-order valence-corrected chi connectivity index (χ2v) is 7.48. The Kier molecular flexibility index (Phi) is 3.65. The molecule has 1 saturated carbocycles. The predicted octanol–water partition coefficient (Wildman–Crippen LogP) is 2.12.